The standard InChI is InChI=1S/C15H22N2O/c1-11-4-5-13(12(2)8-11)6-7-17(3)15(18)14-9-16-10-14/h4-5,8,14,16H,6-7,9-10H2,1-3H3. The second-order valence-electron chi connectivity index (χ2n) is 5.29. The molecule has 1 saturated heterocycles. The van der Waals surface area contributed by atoms with Crippen LogP contribution in [0, 0.1) is 19.8 Å². The fraction of sp³-hybridized carbons (Fsp3) is 0.533. The van der Waals surface area contributed by atoms with Crippen molar-refractivity contribution in [2.45, 2.75) is 20.3 Å². The van der Waals surface area contributed by atoms with Gasteiger partial charge in [0.05, 0.1) is 5.92 Å². The van der Waals surface area contributed by atoms with E-state index in [2.05, 4.69) is 37.4 Å². The largest absolute Gasteiger partial charge is 0.345 e. The first-order valence-electron chi connectivity index (χ1n) is 6.60. The van der Waals surface area contributed by atoms with E-state index >= 15 is 0 Å². The third-order valence-electron chi connectivity index (χ3n) is 3.72. The molecular weight excluding hydrogens is 224 g/mol. The number of carbonyl (C=O) groups excluding carboxylic acids is 1. The van der Waals surface area contributed by atoms with Crippen molar-refractivity contribution < 1.29 is 4.79 Å². The van der Waals surface area contributed by atoms with Crippen LogP contribution in [0.3, 0.4) is 0 Å². The molecule has 1 fully saturated rings. The molecule has 18 heavy (non-hydrogen) atoms. The minimum absolute atomic E-state index is 0.203. The summed E-state index contributed by atoms with van der Waals surface area (Å²) in [5.74, 6) is 0.479. The van der Waals surface area contributed by atoms with Crippen LogP contribution in [0.4, 0.5) is 0 Å². The molecule has 0 unspecified atom stereocenters. The van der Waals surface area contributed by atoms with Crippen LogP contribution in [0.2, 0.25) is 0 Å². The Bertz CT molecular complexity index is 438. The maximum Gasteiger partial charge on any atom is 0.228 e. The normalized spacial score (nSPS) is 15.3. The van der Waals surface area contributed by atoms with Gasteiger partial charge in [0, 0.05) is 26.7 Å². The molecule has 3 heteroatoms. The molecule has 3 nitrogen and oxygen atoms in total. The highest BCUT2D eigenvalue weighted by Gasteiger charge is 2.27. The number of hydrogen-bond acceptors (Lipinski definition) is 2. The fourth-order valence-corrected chi connectivity index (χ4v) is 2.30. The zero-order valence-electron chi connectivity index (χ0n) is 11.5. The smallest absolute Gasteiger partial charge is 0.228 e. The number of nitrogens with zero attached hydrogens (tertiary/aromatic N) is 1. The van der Waals surface area contributed by atoms with Gasteiger partial charge in [-0.1, -0.05) is 23.8 Å². The van der Waals surface area contributed by atoms with Crippen molar-refractivity contribution in [3.63, 3.8) is 0 Å². The Morgan fingerprint density at radius 1 is 1.39 bits per heavy atom. The molecule has 0 aromatic heterocycles. The van der Waals surface area contributed by atoms with E-state index in [1.807, 2.05) is 11.9 Å². The first-order valence-corrected chi connectivity index (χ1v) is 6.60. The first kappa shape index (κ1) is 13.1. The van der Waals surface area contributed by atoms with Crippen LogP contribution in [-0.2, 0) is 11.2 Å². The molecule has 1 heterocycles. The lowest BCUT2D eigenvalue weighted by Crippen LogP contribution is -2.51. The minimum atomic E-state index is 0.203. The van der Waals surface area contributed by atoms with Crippen molar-refractivity contribution in [1.29, 1.82) is 0 Å². The van der Waals surface area contributed by atoms with E-state index in [9.17, 15) is 4.79 Å². The first-order chi connectivity index (χ1) is 8.58. The Morgan fingerprint density at radius 3 is 2.67 bits per heavy atom. The van der Waals surface area contributed by atoms with Gasteiger partial charge in [-0.25, -0.2) is 0 Å². The predicted molar refractivity (Wildman–Crippen MR) is 73.6 cm³/mol. The highest BCUT2D eigenvalue weighted by molar-refractivity contribution is 5.79. The lowest BCUT2D eigenvalue weighted by atomic mass is 10.0. The Kier molecular flexibility index (Phi) is 4.02. The van der Waals surface area contributed by atoms with Crippen molar-refractivity contribution in [3.8, 4) is 0 Å². The van der Waals surface area contributed by atoms with Crippen LogP contribution in [0.15, 0.2) is 18.2 Å². The van der Waals surface area contributed by atoms with E-state index in [0.29, 0.717) is 0 Å². The molecule has 0 aliphatic carbocycles. The van der Waals surface area contributed by atoms with Gasteiger partial charge >= 0.3 is 0 Å². The molecule has 0 spiro atoms. The summed E-state index contributed by atoms with van der Waals surface area (Å²) in [6, 6.07) is 6.51. The summed E-state index contributed by atoms with van der Waals surface area (Å²) in [4.78, 5) is 13.8. The molecule has 1 aliphatic rings. The number of hydrogen-bond donors (Lipinski definition) is 1. The number of nitrogens with one attached hydrogen (secondary N) is 1. The van der Waals surface area contributed by atoms with Crippen LogP contribution in [0.5, 0.6) is 0 Å². The Morgan fingerprint density at radius 2 is 2.11 bits per heavy atom. The third kappa shape index (κ3) is 2.91. The summed E-state index contributed by atoms with van der Waals surface area (Å²) < 4.78 is 0. The van der Waals surface area contributed by atoms with Crippen LogP contribution >= 0.6 is 0 Å². The number of benzene rings is 1. The summed E-state index contributed by atoms with van der Waals surface area (Å²) in [7, 11) is 1.91. The van der Waals surface area contributed by atoms with E-state index < -0.39 is 0 Å². The van der Waals surface area contributed by atoms with E-state index in [4.69, 9.17) is 0 Å². The molecule has 1 aliphatic heterocycles. The Hall–Kier alpha value is -1.35. The number of likely N-dealkylation sites (N-methyl/N-ethyl adjacent to an activating group) is 1. The maximum atomic E-state index is 12.0. The zero-order valence-corrected chi connectivity index (χ0v) is 11.5. The zero-order chi connectivity index (χ0) is 13.1. The minimum Gasteiger partial charge on any atom is -0.345 e. The van der Waals surface area contributed by atoms with E-state index in [1.54, 1.807) is 0 Å². The molecule has 0 atom stereocenters. The Balaban J connectivity index is 1.88. The average molecular weight is 246 g/mol. The topological polar surface area (TPSA) is 32.3 Å². The average Bonchev–Trinajstić information content (AvgIpc) is 2.25. The third-order valence-corrected chi connectivity index (χ3v) is 3.72. The lowest BCUT2D eigenvalue weighted by molar-refractivity contribution is -0.135. The van der Waals surface area contributed by atoms with Crippen molar-refractivity contribution in [2.24, 2.45) is 5.92 Å². The van der Waals surface area contributed by atoms with Gasteiger partial charge in [-0.3, -0.25) is 4.79 Å². The van der Waals surface area contributed by atoms with E-state index in [-0.39, 0.29) is 11.8 Å². The number of amides is 1. The van der Waals surface area contributed by atoms with Crippen LogP contribution in [0.1, 0.15) is 16.7 Å². The molecule has 0 saturated carbocycles. The van der Waals surface area contributed by atoms with Crippen molar-refractivity contribution >= 4 is 5.91 Å². The molecule has 2 rings (SSSR count). The highest BCUT2D eigenvalue weighted by atomic mass is 16.2. The van der Waals surface area contributed by atoms with Gasteiger partial charge in [0.15, 0.2) is 0 Å². The lowest BCUT2D eigenvalue weighted by Gasteiger charge is -2.30. The van der Waals surface area contributed by atoms with Crippen molar-refractivity contribution in [3.05, 3.63) is 34.9 Å². The van der Waals surface area contributed by atoms with E-state index in [0.717, 1.165) is 26.1 Å². The summed E-state index contributed by atoms with van der Waals surface area (Å²) in [6.07, 6.45) is 0.939. The van der Waals surface area contributed by atoms with Gasteiger partial charge in [0.2, 0.25) is 5.91 Å². The summed E-state index contributed by atoms with van der Waals surface area (Å²) in [5.41, 5.74) is 3.95. The van der Waals surface area contributed by atoms with Gasteiger partial charge in [-0.05, 0) is 31.4 Å². The molecule has 0 radical (unpaired) electrons. The molecule has 1 aromatic rings. The fourth-order valence-electron chi connectivity index (χ4n) is 2.30. The van der Waals surface area contributed by atoms with E-state index in [1.165, 1.54) is 16.7 Å². The monoisotopic (exact) mass is 246 g/mol. The Labute approximate surface area is 109 Å². The molecule has 1 N–H and O–H groups in total. The van der Waals surface area contributed by atoms with Crippen molar-refractivity contribution in [1.82, 2.24) is 10.2 Å². The molecule has 1 aromatic carbocycles. The van der Waals surface area contributed by atoms with Gasteiger partial charge in [0.25, 0.3) is 0 Å². The molecular formula is C15H22N2O. The highest BCUT2D eigenvalue weighted by Crippen LogP contribution is 2.13. The summed E-state index contributed by atoms with van der Waals surface area (Å²) in [6.45, 7) is 6.73. The number of aryl methyl sites for hydroxylation is 2. The van der Waals surface area contributed by atoms with Crippen LogP contribution in [-0.4, -0.2) is 37.5 Å². The second-order valence-corrected chi connectivity index (χ2v) is 5.29. The number of carbonyl (C=O) groups is 1. The second kappa shape index (κ2) is 5.53. The van der Waals surface area contributed by atoms with Gasteiger partial charge in [0.1, 0.15) is 0 Å². The van der Waals surface area contributed by atoms with Crippen molar-refractivity contribution in [2.75, 3.05) is 26.7 Å². The quantitative estimate of drug-likeness (QED) is 0.873. The predicted octanol–water partition coefficient (Wildman–Crippen LogP) is 1.52. The van der Waals surface area contributed by atoms with Crippen LogP contribution in [0.25, 0.3) is 0 Å². The summed E-state index contributed by atoms with van der Waals surface area (Å²) in [5, 5.41) is 3.14. The van der Waals surface area contributed by atoms with Gasteiger partial charge in [-0.2, -0.15) is 0 Å². The molecule has 1 amide bonds. The SMILES string of the molecule is Cc1ccc(CCN(C)C(=O)C2CNC2)c(C)c1. The molecule has 98 valence electrons. The molecule has 0 bridgehead atoms. The summed E-state index contributed by atoms with van der Waals surface area (Å²) >= 11 is 0. The van der Waals surface area contributed by atoms with Gasteiger partial charge < -0.3 is 10.2 Å². The van der Waals surface area contributed by atoms with Gasteiger partial charge in [-0.15, -0.1) is 0 Å². The van der Waals surface area contributed by atoms with Crippen LogP contribution < -0.4 is 5.32 Å². The maximum absolute atomic E-state index is 12.0. The number of rotatable bonds is 4.